The van der Waals surface area contributed by atoms with E-state index in [2.05, 4.69) is 18.5 Å². The first kappa shape index (κ1) is 17.5. The third-order valence-corrected chi connectivity index (χ3v) is 4.00. The summed E-state index contributed by atoms with van der Waals surface area (Å²) in [6.07, 6.45) is -0.635. The van der Waals surface area contributed by atoms with Crippen molar-refractivity contribution in [3.63, 3.8) is 0 Å². The first-order chi connectivity index (χ1) is 10.8. The van der Waals surface area contributed by atoms with Gasteiger partial charge in [-0.2, -0.15) is 13.2 Å². The lowest BCUT2D eigenvalue weighted by atomic mass is 9.90. The van der Waals surface area contributed by atoms with E-state index in [1.165, 1.54) is 31.1 Å². The Balaban J connectivity index is 2.15. The molecule has 5 heteroatoms. The van der Waals surface area contributed by atoms with Gasteiger partial charge in [-0.3, -0.25) is 4.79 Å². The van der Waals surface area contributed by atoms with Gasteiger partial charge < -0.3 is 5.32 Å². The maximum Gasteiger partial charge on any atom is 0.416 e. The largest absolute Gasteiger partial charge is 0.416 e. The van der Waals surface area contributed by atoms with Gasteiger partial charge in [0.2, 0.25) is 0 Å². The Kier molecular flexibility index (Phi) is 5.42. The van der Waals surface area contributed by atoms with Crippen LogP contribution in [0, 0.1) is 5.92 Å². The van der Waals surface area contributed by atoms with Crippen LogP contribution in [0.1, 0.15) is 29.9 Å². The molecule has 1 aromatic carbocycles. The molecule has 1 aliphatic carbocycles. The van der Waals surface area contributed by atoms with E-state index in [1.54, 1.807) is 0 Å². The standard InChI is InChI=1S/C18H20F3NO/c1-3-12(2)17(23)16(11-22-10-13-4-5-13)14-6-8-15(9-7-14)18(19,20)21/h3,6-9,13,16,22H,1-2,4-5,10-11H2/t16-/m1/s1. The Morgan fingerprint density at radius 2 is 1.91 bits per heavy atom. The van der Waals surface area contributed by atoms with E-state index >= 15 is 0 Å². The number of carbonyl (C=O) groups is 1. The minimum atomic E-state index is -4.38. The Morgan fingerprint density at radius 3 is 2.39 bits per heavy atom. The van der Waals surface area contributed by atoms with Crippen LogP contribution in [0.5, 0.6) is 0 Å². The lowest BCUT2D eigenvalue weighted by Crippen LogP contribution is -2.29. The molecule has 0 amide bonds. The van der Waals surface area contributed by atoms with Gasteiger partial charge in [-0.15, -0.1) is 0 Å². The molecule has 1 atom stereocenters. The number of alkyl halides is 3. The molecule has 1 N–H and O–H groups in total. The average Bonchev–Trinajstić information content (AvgIpc) is 3.33. The van der Waals surface area contributed by atoms with Crippen LogP contribution >= 0.6 is 0 Å². The number of nitrogens with one attached hydrogen (secondary N) is 1. The van der Waals surface area contributed by atoms with E-state index in [9.17, 15) is 18.0 Å². The van der Waals surface area contributed by atoms with Crippen LogP contribution in [0.3, 0.4) is 0 Å². The molecule has 0 heterocycles. The highest BCUT2D eigenvalue weighted by Crippen LogP contribution is 2.31. The summed E-state index contributed by atoms with van der Waals surface area (Å²) in [6.45, 7) is 8.40. The van der Waals surface area contributed by atoms with Crippen LogP contribution in [0.2, 0.25) is 0 Å². The summed E-state index contributed by atoms with van der Waals surface area (Å²) in [6, 6.07) is 4.74. The zero-order valence-corrected chi connectivity index (χ0v) is 12.8. The molecule has 0 aromatic heterocycles. The maximum atomic E-state index is 12.7. The molecule has 1 aromatic rings. The van der Waals surface area contributed by atoms with Crippen molar-refractivity contribution in [2.75, 3.05) is 13.1 Å². The van der Waals surface area contributed by atoms with Crippen LogP contribution < -0.4 is 5.32 Å². The molecule has 0 bridgehead atoms. The molecular weight excluding hydrogens is 303 g/mol. The highest BCUT2D eigenvalue weighted by molar-refractivity contribution is 6.02. The number of benzene rings is 1. The van der Waals surface area contributed by atoms with Crippen molar-refractivity contribution in [2.24, 2.45) is 5.92 Å². The van der Waals surface area contributed by atoms with Gasteiger partial charge in [0.25, 0.3) is 0 Å². The lowest BCUT2D eigenvalue weighted by molar-refractivity contribution is -0.137. The molecule has 0 radical (unpaired) electrons. The summed E-state index contributed by atoms with van der Waals surface area (Å²) < 4.78 is 38.0. The predicted octanol–water partition coefficient (Wildman–Crippen LogP) is 4.10. The number of halogens is 3. The van der Waals surface area contributed by atoms with Crippen molar-refractivity contribution in [1.82, 2.24) is 5.32 Å². The fourth-order valence-corrected chi connectivity index (χ4v) is 2.34. The summed E-state index contributed by atoms with van der Waals surface area (Å²) in [7, 11) is 0. The summed E-state index contributed by atoms with van der Waals surface area (Å²) >= 11 is 0. The molecule has 2 nitrogen and oxygen atoms in total. The van der Waals surface area contributed by atoms with Crippen LogP contribution in [0.25, 0.3) is 0 Å². The molecule has 23 heavy (non-hydrogen) atoms. The van der Waals surface area contributed by atoms with Crippen LogP contribution in [0.15, 0.2) is 49.1 Å². The first-order valence-electron chi connectivity index (χ1n) is 7.56. The predicted molar refractivity (Wildman–Crippen MR) is 84.1 cm³/mol. The fourth-order valence-electron chi connectivity index (χ4n) is 2.34. The van der Waals surface area contributed by atoms with Gasteiger partial charge >= 0.3 is 6.18 Å². The maximum absolute atomic E-state index is 12.7. The van der Waals surface area contributed by atoms with Crippen molar-refractivity contribution in [3.05, 3.63) is 60.2 Å². The summed E-state index contributed by atoms with van der Waals surface area (Å²) in [5, 5.41) is 3.23. The Morgan fingerprint density at radius 1 is 1.30 bits per heavy atom. The number of hydrogen-bond acceptors (Lipinski definition) is 2. The molecule has 0 aliphatic heterocycles. The Hall–Kier alpha value is -1.88. The Bertz CT molecular complexity index is 585. The smallest absolute Gasteiger partial charge is 0.315 e. The van der Waals surface area contributed by atoms with Gasteiger partial charge in [-0.05, 0) is 43.0 Å². The summed E-state index contributed by atoms with van der Waals surface area (Å²) in [5.41, 5.74) is 0.0957. The van der Waals surface area contributed by atoms with Crippen molar-refractivity contribution in [3.8, 4) is 0 Å². The molecule has 0 spiro atoms. The number of allylic oxidation sites excluding steroid dienone is 2. The number of carbonyl (C=O) groups excluding carboxylic acids is 1. The van der Waals surface area contributed by atoms with E-state index in [-0.39, 0.29) is 11.4 Å². The van der Waals surface area contributed by atoms with E-state index in [0.29, 0.717) is 18.0 Å². The average molecular weight is 323 g/mol. The van der Waals surface area contributed by atoms with Crippen molar-refractivity contribution in [2.45, 2.75) is 24.9 Å². The SMILES string of the molecule is C=CC(=C)C(=O)[C@H](CNCC1CC1)c1ccc(C(F)(F)F)cc1. The molecule has 1 aliphatic rings. The summed E-state index contributed by atoms with van der Waals surface area (Å²) in [4.78, 5) is 12.4. The third kappa shape index (κ3) is 4.79. The number of rotatable bonds is 8. The quantitative estimate of drug-likeness (QED) is 0.576. The number of hydrogen-bond donors (Lipinski definition) is 1. The van der Waals surface area contributed by atoms with Crippen LogP contribution in [-0.2, 0) is 11.0 Å². The van der Waals surface area contributed by atoms with Gasteiger partial charge in [0, 0.05) is 12.1 Å². The van der Waals surface area contributed by atoms with Crippen molar-refractivity contribution >= 4 is 5.78 Å². The molecule has 0 saturated heterocycles. The minimum Gasteiger partial charge on any atom is -0.315 e. The zero-order chi connectivity index (χ0) is 17.0. The topological polar surface area (TPSA) is 29.1 Å². The van der Waals surface area contributed by atoms with E-state index in [1.807, 2.05) is 0 Å². The van der Waals surface area contributed by atoms with Crippen LogP contribution in [-0.4, -0.2) is 18.9 Å². The number of Topliss-reactive ketones (excluding diaryl/α,β-unsaturated/α-hetero) is 1. The van der Waals surface area contributed by atoms with E-state index in [0.717, 1.165) is 18.7 Å². The monoisotopic (exact) mass is 323 g/mol. The number of ketones is 1. The highest BCUT2D eigenvalue weighted by Gasteiger charge is 2.31. The van der Waals surface area contributed by atoms with Gasteiger partial charge in [0.05, 0.1) is 11.5 Å². The molecular formula is C18H20F3NO. The van der Waals surface area contributed by atoms with Crippen LogP contribution in [0.4, 0.5) is 13.2 Å². The van der Waals surface area contributed by atoms with E-state index in [4.69, 9.17) is 0 Å². The van der Waals surface area contributed by atoms with Crippen molar-refractivity contribution < 1.29 is 18.0 Å². The summed E-state index contributed by atoms with van der Waals surface area (Å²) in [5.74, 6) is -0.120. The molecule has 0 unspecified atom stereocenters. The second-order valence-electron chi connectivity index (χ2n) is 5.87. The fraction of sp³-hybridized carbons (Fsp3) is 0.389. The van der Waals surface area contributed by atoms with Gasteiger partial charge in [0.1, 0.15) is 0 Å². The van der Waals surface area contributed by atoms with Crippen molar-refractivity contribution in [1.29, 1.82) is 0 Å². The molecule has 124 valence electrons. The Labute approximate surface area is 134 Å². The third-order valence-electron chi connectivity index (χ3n) is 4.00. The van der Waals surface area contributed by atoms with E-state index < -0.39 is 17.7 Å². The van der Waals surface area contributed by atoms with Gasteiger partial charge in [-0.25, -0.2) is 0 Å². The lowest BCUT2D eigenvalue weighted by Gasteiger charge is -2.18. The minimum absolute atomic E-state index is 0.219. The van der Waals surface area contributed by atoms with Gasteiger partial charge in [0.15, 0.2) is 5.78 Å². The second kappa shape index (κ2) is 7.13. The highest BCUT2D eigenvalue weighted by atomic mass is 19.4. The normalized spacial score (nSPS) is 16.0. The molecule has 1 fully saturated rings. The second-order valence-corrected chi connectivity index (χ2v) is 5.87. The molecule has 2 rings (SSSR count). The zero-order valence-electron chi connectivity index (χ0n) is 12.8. The first-order valence-corrected chi connectivity index (χ1v) is 7.56. The molecule has 1 saturated carbocycles. The van der Waals surface area contributed by atoms with Gasteiger partial charge in [-0.1, -0.05) is 31.4 Å².